The highest BCUT2D eigenvalue weighted by molar-refractivity contribution is 7.89. The van der Waals surface area contributed by atoms with Gasteiger partial charge < -0.3 is 14.0 Å². The third-order valence-corrected chi connectivity index (χ3v) is 5.65. The van der Waals surface area contributed by atoms with Crippen molar-refractivity contribution in [2.45, 2.75) is 6.54 Å². The summed E-state index contributed by atoms with van der Waals surface area (Å²) < 4.78 is 38.3. The first-order valence-electron chi connectivity index (χ1n) is 8.58. The minimum atomic E-state index is -3.35. The number of sulfonamides is 1. The molecule has 0 bridgehead atoms. The Balaban J connectivity index is 2.08. The smallest absolute Gasteiger partial charge is 0.213 e. The molecule has 2 heterocycles. The number of aromatic nitrogens is 3. The normalized spacial score (nSPS) is 11.4. The number of hydrogen-bond acceptors (Lipinski definition) is 6. The number of nitrogens with zero attached hydrogens (tertiary/aromatic N) is 3. The first-order valence-corrected chi connectivity index (χ1v) is 10.2. The number of imidazole rings is 1. The lowest BCUT2D eigenvalue weighted by Gasteiger charge is -2.11. The van der Waals surface area contributed by atoms with Crippen LogP contribution in [-0.2, 0) is 16.6 Å². The highest BCUT2D eigenvalue weighted by Crippen LogP contribution is 2.33. The van der Waals surface area contributed by atoms with E-state index in [0.717, 1.165) is 16.8 Å². The van der Waals surface area contributed by atoms with E-state index in [1.807, 2.05) is 34.9 Å². The van der Waals surface area contributed by atoms with Gasteiger partial charge in [0.25, 0.3) is 0 Å². The van der Waals surface area contributed by atoms with Crippen molar-refractivity contribution in [1.29, 1.82) is 0 Å². The molecule has 8 nitrogen and oxygen atoms in total. The molecule has 2 aromatic heterocycles. The van der Waals surface area contributed by atoms with Crippen molar-refractivity contribution in [2.75, 3.05) is 27.0 Å². The second-order valence-electron chi connectivity index (χ2n) is 5.98. The fourth-order valence-electron chi connectivity index (χ4n) is 2.80. The van der Waals surface area contributed by atoms with Gasteiger partial charge in [0, 0.05) is 29.9 Å². The van der Waals surface area contributed by atoms with Crippen molar-refractivity contribution in [3.63, 3.8) is 0 Å². The molecule has 0 saturated carbocycles. The van der Waals surface area contributed by atoms with Crippen LogP contribution in [0.2, 0.25) is 0 Å². The average molecular weight is 402 g/mol. The van der Waals surface area contributed by atoms with Crippen LogP contribution in [0.5, 0.6) is 11.6 Å². The Kier molecular flexibility index (Phi) is 5.96. The van der Waals surface area contributed by atoms with Gasteiger partial charge in [0.15, 0.2) is 0 Å². The topological polar surface area (TPSA) is 95.3 Å². The molecule has 0 fully saturated rings. The number of nitrogens with one attached hydrogen (secondary N) is 1. The minimum absolute atomic E-state index is 0.0615. The Bertz CT molecular complexity index is 1050. The standard InChI is InChI=1S/C19H22N4O4S/c1-20-28(24,25)10-9-23-13-22-18(14-5-4-6-16(11-14)26-2)19(23)15-7-8-17(27-3)21-12-15/h4-8,11-13,20H,9-10H2,1-3H3. The number of benzene rings is 1. The molecule has 0 atom stereocenters. The van der Waals surface area contributed by atoms with Gasteiger partial charge in [-0.15, -0.1) is 0 Å². The van der Waals surface area contributed by atoms with E-state index in [0.29, 0.717) is 17.3 Å². The van der Waals surface area contributed by atoms with E-state index in [1.165, 1.54) is 7.05 Å². The van der Waals surface area contributed by atoms with Gasteiger partial charge in [-0.05, 0) is 25.2 Å². The van der Waals surface area contributed by atoms with Crippen molar-refractivity contribution >= 4 is 10.0 Å². The molecule has 0 saturated heterocycles. The molecule has 0 unspecified atom stereocenters. The summed E-state index contributed by atoms with van der Waals surface area (Å²) in [5.41, 5.74) is 3.15. The second-order valence-corrected chi connectivity index (χ2v) is 8.03. The molecular formula is C19H22N4O4S. The Hall–Kier alpha value is -2.91. The Morgan fingerprint density at radius 1 is 1.07 bits per heavy atom. The van der Waals surface area contributed by atoms with Gasteiger partial charge in [-0.3, -0.25) is 0 Å². The first kappa shape index (κ1) is 19.8. The van der Waals surface area contributed by atoms with Crippen molar-refractivity contribution in [1.82, 2.24) is 19.3 Å². The Morgan fingerprint density at radius 3 is 2.54 bits per heavy atom. The predicted molar refractivity (Wildman–Crippen MR) is 107 cm³/mol. The molecule has 0 aliphatic rings. The number of pyridine rings is 1. The summed E-state index contributed by atoms with van der Waals surface area (Å²) in [6, 6.07) is 11.2. The highest BCUT2D eigenvalue weighted by Gasteiger charge is 2.18. The Morgan fingerprint density at radius 2 is 1.89 bits per heavy atom. The molecule has 0 spiro atoms. The van der Waals surface area contributed by atoms with Crippen LogP contribution in [0.15, 0.2) is 48.9 Å². The lowest BCUT2D eigenvalue weighted by atomic mass is 10.1. The molecule has 28 heavy (non-hydrogen) atoms. The summed E-state index contributed by atoms with van der Waals surface area (Å²) in [5, 5.41) is 0. The maximum absolute atomic E-state index is 11.9. The van der Waals surface area contributed by atoms with Gasteiger partial charge in [0.05, 0.1) is 37.7 Å². The number of aryl methyl sites for hydroxylation is 1. The maximum Gasteiger partial charge on any atom is 0.213 e. The van der Waals surface area contributed by atoms with Crippen molar-refractivity contribution in [2.24, 2.45) is 0 Å². The lowest BCUT2D eigenvalue weighted by molar-refractivity contribution is 0.398. The molecule has 3 rings (SSSR count). The largest absolute Gasteiger partial charge is 0.497 e. The molecule has 9 heteroatoms. The number of hydrogen-bond donors (Lipinski definition) is 1. The molecule has 0 radical (unpaired) electrons. The fraction of sp³-hybridized carbons (Fsp3) is 0.263. The second kappa shape index (κ2) is 8.41. The number of ether oxygens (including phenoxy) is 2. The Labute approximate surface area is 164 Å². The molecule has 148 valence electrons. The molecular weight excluding hydrogens is 380 g/mol. The third kappa shape index (κ3) is 4.32. The summed E-state index contributed by atoms with van der Waals surface area (Å²) in [7, 11) is 1.21. The minimum Gasteiger partial charge on any atom is -0.497 e. The molecule has 0 aliphatic heterocycles. The summed E-state index contributed by atoms with van der Waals surface area (Å²) in [4.78, 5) is 8.81. The zero-order valence-electron chi connectivity index (χ0n) is 15.9. The van der Waals surface area contributed by atoms with Crippen LogP contribution in [0.25, 0.3) is 22.5 Å². The van der Waals surface area contributed by atoms with E-state index in [4.69, 9.17) is 9.47 Å². The van der Waals surface area contributed by atoms with Crippen LogP contribution in [0.4, 0.5) is 0 Å². The maximum atomic E-state index is 11.9. The zero-order valence-corrected chi connectivity index (χ0v) is 16.7. The van der Waals surface area contributed by atoms with Gasteiger partial charge in [-0.25, -0.2) is 23.1 Å². The number of methoxy groups -OCH3 is 2. The van der Waals surface area contributed by atoms with Crippen molar-refractivity contribution in [3.8, 4) is 34.1 Å². The monoisotopic (exact) mass is 402 g/mol. The lowest BCUT2D eigenvalue weighted by Crippen LogP contribution is -2.24. The van der Waals surface area contributed by atoms with Gasteiger partial charge in [0.1, 0.15) is 5.75 Å². The molecule has 3 aromatic rings. The summed E-state index contributed by atoms with van der Waals surface area (Å²) in [6.45, 7) is 0.251. The van der Waals surface area contributed by atoms with Crippen LogP contribution in [0.1, 0.15) is 0 Å². The van der Waals surface area contributed by atoms with E-state index >= 15 is 0 Å². The van der Waals surface area contributed by atoms with E-state index in [-0.39, 0.29) is 12.3 Å². The van der Waals surface area contributed by atoms with E-state index in [1.54, 1.807) is 32.8 Å². The van der Waals surface area contributed by atoms with Crippen LogP contribution in [0, 0.1) is 0 Å². The van der Waals surface area contributed by atoms with Gasteiger partial charge in [-0.2, -0.15) is 0 Å². The van der Waals surface area contributed by atoms with Gasteiger partial charge in [0.2, 0.25) is 15.9 Å². The van der Waals surface area contributed by atoms with Gasteiger partial charge >= 0.3 is 0 Å². The predicted octanol–water partition coefficient (Wildman–Crippen LogP) is 2.18. The van der Waals surface area contributed by atoms with Crippen LogP contribution in [0.3, 0.4) is 0 Å². The van der Waals surface area contributed by atoms with Crippen molar-refractivity contribution in [3.05, 3.63) is 48.9 Å². The zero-order chi connectivity index (χ0) is 20.1. The summed E-state index contributed by atoms with van der Waals surface area (Å²) in [5.74, 6) is 1.15. The van der Waals surface area contributed by atoms with Crippen molar-refractivity contribution < 1.29 is 17.9 Å². The van der Waals surface area contributed by atoms with Crippen LogP contribution in [-0.4, -0.2) is 50.0 Å². The SMILES string of the molecule is CNS(=O)(=O)CCn1cnc(-c2cccc(OC)c2)c1-c1ccc(OC)nc1. The third-order valence-electron chi connectivity index (χ3n) is 4.31. The fourth-order valence-corrected chi connectivity index (χ4v) is 3.44. The number of rotatable bonds is 8. The summed E-state index contributed by atoms with van der Waals surface area (Å²) >= 11 is 0. The average Bonchev–Trinajstić information content (AvgIpc) is 3.16. The quantitative estimate of drug-likeness (QED) is 0.621. The first-order chi connectivity index (χ1) is 13.5. The molecule has 0 aliphatic carbocycles. The molecule has 1 N–H and O–H groups in total. The van der Waals surface area contributed by atoms with E-state index in [2.05, 4.69) is 14.7 Å². The molecule has 0 amide bonds. The molecule has 1 aromatic carbocycles. The van der Waals surface area contributed by atoms with Crippen LogP contribution < -0.4 is 14.2 Å². The van der Waals surface area contributed by atoms with Crippen LogP contribution >= 0.6 is 0 Å². The van der Waals surface area contributed by atoms with E-state index < -0.39 is 10.0 Å². The van der Waals surface area contributed by atoms with Gasteiger partial charge in [-0.1, -0.05) is 12.1 Å². The summed E-state index contributed by atoms with van der Waals surface area (Å²) in [6.07, 6.45) is 3.32. The highest BCUT2D eigenvalue weighted by atomic mass is 32.2. The van der Waals surface area contributed by atoms with E-state index in [9.17, 15) is 8.42 Å².